The summed E-state index contributed by atoms with van der Waals surface area (Å²) in [5.41, 5.74) is 1.88. The first-order valence-electron chi connectivity index (χ1n) is 7.13. The van der Waals surface area contributed by atoms with E-state index in [-0.39, 0.29) is 18.7 Å². The van der Waals surface area contributed by atoms with Crippen molar-refractivity contribution in [3.8, 4) is 0 Å². The summed E-state index contributed by atoms with van der Waals surface area (Å²) in [6.07, 6.45) is 5.56. The van der Waals surface area contributed by atoms with Crippen molar-refractivity contribution in [3.63, 3.8) is 0 Å². The van der Waals surface area contributed by atoms with Crippen LogP contribution in [-0.4, -0.2) is 53.2 Å². The first kappa shape index (κ1) is 13.2. The van der Waals surface area contributed by atoms with E-state index in [1.165, 1.54) is 0 Å². The number of carbonyl (C=O) groups excluding carboxylic acids is 1. The second kappa shape index (κ2) is 5.66. The Hall–Kier alpha value is -1.82. The smallest absolute Gasteiger partial charge is 0.317 e. The highest BCUT2D eigenvalue weighted by Crippen LogP contribution is 2.25. The minimum absolute atomic E-state index is 0.00542. The summed E-state index contributed by atoms with van der Waals surface area (Å²) in [5, 5.41) is 12.3. The Bertz CT molecular complexity index is 494. The molecule has 0 aromatic carbocycles. The SMILES string of the molecule is O=C1NCCN1C1CCCN(c2ccncc2CO)C1. The van der Waals surface area contributed by atoms with Gasteiger partial charge in [-0.2, -0.15) is 0 Å². The quantitative estimate of drug-likeness (QED) is 0.847. The number of aliphatic hydroxyl groups is 1. The van der Waals surface area contributed by atoms with E-state index >= 15 is 0 Å². The summed E-state index contributed by atoms with van der Waals surface area (Å²) in [7, 11) is 0. The number of rotatable bonds is 3. The molecule has 1 aromatic rings. The zero-order valence-corrected chi connectivity index (χ0v) is 11.5. The van der Waals surface area contributed by atoms with Gasteiger partial charge >= 0.3 is 6.03 Å². The van der Waals surface area contributed by atoms with E-state index < -0.39 is 0 Å². The Kier molecular flexibility index (Phi) is 3.73. The number of hydrogen-bond donors (Lipinski definition) is 2. The van der Waals surface area contributed by atoms with Gasteiger partial charge in [-0.3, -0.25) is 4.98 Å². The van der Waals surface area contributed by atoms with Gasteiger partial charge in [0.2, 0.25) is 0 Å². The van der Waals surface area contributed by atoms with Gasteiger partial charge in [-0.25, -0.2) is 4.79 Å². The lowest BCUT2D eigenvalue weighted by Gasteiger charge is -2.38. The first-order valence-corrected chi connectivity index (χ1v) is 7.13. The van der Waals surface area contributed by atoms with Gasteiger partial charge in [0.25, 0.3) is 0 Å². The van der Waals surface area contributed by atoms with Gasteiger partial charge in [0, 0.05) is 49.8 Å². The monoisotopic (exact) mass is 276 g/mol. The van der Waals surface area contributed by atoms with E-state index in [1.807, 2.05) is 11.0 Å². The third kappa shape index (κ3) is 2.43. The van der Waals surface area contributed by atoms with Crippen LogP contribution in [0.5, 0.6) is 0 Å². The molecule has 0 bridgehead atoms. The third-order valence-electron chi connectivity index (χ3n) is 4.12. The molecule has 2 amide bonds. The van der Waals surface area contributed by atoms with Crippen molar-refractivity contribution in [2.45, 2.75) is 25.5 Å². The molecule has 2 N–H and O–H groups in total. The fourth-order valence-corrected chi connectivity index (χ4v) is 3.11. The number of hydrogen-bond acceptors (Lipinski definition) is 4. The van der Waals surface area contributed by atoms with Gasteiger partial charge in [-0.15, -0.1) is 0 Å². The number of aliphatic hydroxyl groups excluding tert-OH is 1. The van der Waals surface area contributed by atoms with Crippen LogP contribution in [0.1, 0.15) is 18.4 Å². The lowest BCUT2D eigenvalue weighted by Crippen LogP contribution is -2.49. The van der Waals surface area contributed by atoms with Crippen molar-refractivity contribution in [1.82, 2.24) is 15.2 Å². The Morgan fingerprint density at radius 2 is 2.35 bits per heavy atom. The highest BCUT2D eigenvalue weighted by atomic mass is 16.3. The summed E-state index contributed by atoms with van der Waals surface area (Å²) in [6, 6.07) is 2.25. The fraction of sp³-hybridized carbons (Fsp3) is 0.571. The van der Waals surface area contributed by atoms with Crippen molar-refractivity contribution < 1.29 is 9.90 Å². The number of amides is 2. The molecule has 0 radical (unpaired) electrons. The van der Waals surface area contributed by atoms with Crippen LogP contribution in [0.25, 0.3) is 0 Å². The first-order chi connectivity index (χ1) is 9.79. The van der Waals surface area contributed by atoms with Crippen LogP contribution >= 0.6 is 0 Å². The third-order valence-corrected chi connectivity index (χ3v) is 4.12. The standard InChI is InChI=1S/C14H20N4O2/c19-10-11-8-15-4-3-13(11)17-6-1-2-12(9-17)18-7-5-16-14(18)20/h3-4,8,12,19H,1-2,5-7,9-10H2,(H,16,20). The molecule has 3 rings (SSSR count). The summed E-state index contributed by atoms with van der Waals surface area (Å²) in [5.74, 6) is 0. The van der Waals surface area contributed by atoms with Gasteiger partial charge in [-0.05, 0) is 18.9 Å². The number of carbonyl (C=O) groups is 1. The minimum Gasteiger partial charge on any atom is -0.392 e. The zero-order valence-electron chi connectivity index (χ0n) is 11.5. The van der Waals surface area contributed by atoms with Crippen molar-refractivity contribution in [1.29, 1.82) is 0 Å². The number of pyridine rings is 1. The van der Waals surface area contributed by atoms with Crippen LogP contribution in [-0.2, 0) is 6.61 Å². The molecule has 6 heteroatoms. The van der Waals surface area contributed by atoms with E-state index in [0.717, 1.165) is 50.3 Å². The average molecular weight is 276 g/mol. The highest BCUT2D eigenvalue weighted by Gasteiger charge is 2.31. The molecule has 2 aliphatic heterocycles. The molecule has 0 spiro atoms. The molecule has 6 nitrogen and oxygen atoms in total. The number of piperidine rings is 1. The molecule has 1 unspecified atom stereocenters. The van der Waals surface area contributed by atoms with Crippen LogP contribution in [0.2, 0.25) is 0 Å². The van der Waals surface area contributed by atoms with Gasteiger partial charge in [0.1, 0.15) is 0 Å². The molecule has 2 aliphatic rings. The zero-order chi connectivity index (χ0) is 13.9. The number of nitrogens with one attached hydrogen (secondary N) is 1. The van der Waals surface area contributed by atoms with Crippen molar-refractivity contribution in [2.24, 2.45) is 0 Å². The van der Waals surface area contributed by atoms with E-state index in [0.29, 0.717) is 0 Å². The Balaban J connectivity index is 1.76. The lowest BCUT2D eigenvalue weighted by atomic mass is 10.0. The van der Waals surface area contributed by atoms with Crippen LogP contribution in [0.4, 0.5) is 10.5 Å². The predicted octanol–water partition coefficient (Wildman–Crippen LogP) is 0.568. The number of nitrogens with zero attached hydrogens (tertiary/aromatic N) is 3. The van der Waals surface area contributed by atoms with Crippen molar-refractivity contribution in [2.75, 3.05) is 31.1 Å². The molecule has 108 valence electrons. The van der Waals surface area contributed by atoms with Crippen molar-refractivity contribution >= 4 is 11.7 Å². The largest absolute Gasteiger partial charge is 0.392 e. The molecule has 1 atom stereocenters. The predicted molar refractivity (Wildman–Crippen MR) is 75.5 cm³/mol. The van der Waals surface area contributed by atoms with Crippen LogP contribution in [0.3, 0.4) is 0 Å². The maximum atomic E-state index is 11.8. The maximum absolute atomic E-state index is 11.8. The van der Waals surface area contributed by atoms with E-state index in [4.69, 9.17) is 0 Å². The summed E-state index contributed by atoms with van der Waals surface area (Å²) in [6.45, 7) is 3.31. The molecule has 2 fully saturated rings. The highest BCUT2D eigenvalue weighted by molar-refractivity contribution is 5.76. The Morgan fingerprint density at radius 3 is 3.10 bits per heavy atom. The Labute approximate surface area is 118 Å². The van der Waals surface area contributed by atoms with Gasteiger partial charge in [0.05, 0.1) is 12.6 Å². The topological polar surface area (TPSA) is 68.7 Å². The van der Waals surface area contributed by atoms with E-state index in [2.05, 4.69) is 15.2 Å². The number of aromatic nitrogens is 1. The van der Waals surface area contributed by atoms with Crippen molar-refractivity contribution in [3.05, 3.63) is 24.0 Å². The number of urea groups is 1. The summed E-state index contributed by atoms with van der Waals surface area (Å²) < 4.78 is 0. The Morgan fingerprint density at radius 1 is 1.45 bits per heavy atom. The second-order valence-electron chi connectivity index (χ2n) is 5.33. The molecule has 2 saturated heterocycles. The lowest BCUT2D eigenvalue weighted by molar-refractivity contribution is 0.189. The van der Waals surface area contributed by atoms with E-state index in [9.17, 15) is 9.90 Å². The molecular weight excluding hydrogens is 256 g/mol. The molecule has 3 heterocycles. The number of anilines is 1. The average Bonchev–Trinajstić information content (AvgIpc) is 2.93. The van der Waals surface area contributed by atoms with Gasteiger partial charge < -0.3 is 20.2 Å². The summed E-state index contributed by atoms with van der Waals surface area (Å²) in [4.78, 5) is 20.0. The van der Waals surface area contributed by atoms with Crippen LogP contribution in [0.15, 0.2) is 18.5 Å². The minimum atomic E-state index is -0.00542. The van der Waals surface area contributed by atoms with Gasteiger partial charge in [0.15, 0.2) is 0 Å². The van der Waals surface area contributed by atoms with Crippen LogP contribution in [0, 0.1) is 0 Å². The molecule has 1 aromatic heterocycles. The van der Waals surface area contributed by atoms with Gasteiger partial charge in [-0.1, -0.05) is 0 Å². The molecule has 20 heavy (non-hydrogen) atoms. The van der Waals surface area contributed by atoms with E-state index in [1.54, 1.807) is 12.4 Å². The second-order valence-corrected chi connectivity index (χ2v) is 5.33. The molecule has 0 aliphatic carbocycles. The normalized spacial score (nSPS) is 23.1. The summed E-state index contributed by atoms with van der Waals surface area (Å²) >= 11 is 0. The fourth-order valence-electron chi connectivity index (χ4n) is 3.11. The maximum Gasteiger partial charge on any atom is 0.317 e. The molecule has 0 saturated carbocycles. The van der Waals surface area contributed by atoms with Crippen LogP contribution < -0.4 is 10.2 Å². The molecular formula is C14H20N4O2.